The molecule has 1 aromatic heterocycles. The molecule has 1 fully saturated rings. The van der Waals surface area contributed by atoms with Crippen LogP contribution in [0, 0.1) is 5.92 Å². The quantitative estimate of drug-likeness (QED) is 0.777. The van der Waals surface area contributed by atoms with Crippen LogP contribution in [-0.4, -0.2) is 39.5 Å². The molecule has 0 aliphatic carbocycles. The Bertz CT molecular complexity index is 472. The molecular weight excluding hydrogens is 246 g/mol. The van der Waals surface area contributed by atoms with Crippen molar-refractivity contribution < 1.29 is 14.3 Å². The van der Waals surface area contributed by atoms with Crippen LogP contribution < -0.4 is 0 Å². The van der Waals surface area contributed by atoms with Crippen LogP contribution in [0.5, 0.6) is 0 Å². The molecule has 4 atom stereocenters. The van der Waals surface area contributed by atoms with E-state index >= 15 is 0 Å². The lowest BCUT2D eigenvalue weighted by atomic mass is 9.89. The van der Waals surface area contributed by atoms with E-state index in [9.17, 15) is 4.79 Å². The van der Waals surface area contributed by atoms with E-state index in [4.69, 9.17) is 9.47 Å². The van der Waals surface area contributed by atoms with Gasteiger partial charge in [-0.15, -0.1) is 5.10 Å². The number of ether oxygens (including phenoxy) is 2. The lowest BCUT2D eigenvalue weighted by Crippen LogP contribution is -2.19. The van der Waals surface area contributed by atoms with Crippen molar-refractivity contribution in [1.29, 1.82) is 0 Å². The summed E-state index contributed by atoms with van der Waals surface area (Å²) in [5.74, 6) is 0.922. The van der Waals surface area contributed by atoms with Gasteiger partial charge in [0.15, 0.2) is 0 Å². The van der Waals surface area contributed by atoms with Crippen molar-refractivity contribution in [2.24, 2.45) is 13.0 Å². The Morgan fingerprint density at radius 3 is 2.58 bits per heavy atom. The van der Waals surface area contributed by atoms with Gasteiger partial charge in [0, 0.05) is 13.0 Å². The van der Waals surface area contributed by atoms with Crippen LogP contribution in [0.2, 0.25) is 0 Å². The predicted molar refractivity (Wildman–Crippen MR) is 68.9 cm³/mol. The minimum absolute atomic E-state index is 0.0722. The fraction of sp³-hybridized carbons (Fsp3) is 0.769. The standard InChI is InChI=1S/C13H21N3O3/c1-6-18-13(17)11-14-12(16(5)15-11)10-7(2)8(3)19-9(10)4/h7-10H,6H2,1-5H3. The molecule has 1 aliphatic rings. The third-order valence-electron chi connectivity index (χ3n) is 3.79. The predicted octanol–water partition coefficient (Wildman–Crippen LogP) is 1.52. The lowest BCUT2D eigenvalue weighted by molar-refractivity contribution is 0.0510. The molecule has 2 rings (SSSR count). The van der Waals surface area contributed by atoms with E-state index in [-0.39, 0.29) is 24.0 Å². The summed E-state index contributed by atoms with van der Waals surface area (Å²) in [7, 11) is 1.80. The molecule has 1 aliphatic heterocycles. The van der Waals surface area contributed by atoms with Crippen molar-refractivity contribution in [3.05, 3.63) is 11.6 Å². The lowest BCUT2D eigenvalue weighted by Gasteiger charge is -2.16. The summed E-state index contributed by atoms with van der Waals surface area (Å²) in [5.41, 5.74) is 0. The average molecular weight is 267 g/mol. The van der Waals surface area contributed by atoms with Gasteiger partial charge in [-0.2, -0.15) is 0 Å². The van der Waals surface area contributed by atoms with Gasteiger partial charge in [0.1, 0.15) is 5.82 Å². The molecule has 0 N–H and O–H groups in total. The fourth-order valence-corrected chi connectivity index (χ4v) is 2.68. The van der Waals surface area contributed by atoms with Gasteiger partial charge in [0.05, 0.1) is 18.8 Å². The first-order valence-electron chi connectivity index (χ1n) is 6.69. The van der Waals surface area contributed by atoms with Gasteiger partial charge in [-0.25, -0.2) is 9.78 Å². The number of aryl methyl sites for hydroxylation is 1. The largest absolute Gasteiger partial charge is 0.460 e. The number of carbonyl (C=O) groups is 1. The molecule has 0 amide bonds. The molecule has 1 saturated heterocycles. The van der Waals surface area contributed by atoms with E-state index < -0.39 is 5.97 Å². The maximum absolute atomic E-state index is 11.7. The highest BCUT2D eigenvalue weighted by atomic mass is 16.5. The van der Waals surface area contributed by atoms with E-state index in [0.29, 0.717) is 12.5 Å². The van der Waals surface area contributed by atoms with Crippen LogP contribution in [0.1, 0.15) is 50.1 Å². The van der Waals surface area contributed by atoms with Crippen molar-refractivity contribution in [2.45, 2.75) is 45.8 Å². The van der Waals surface area contributed by atoms with Gasteiger partial charge >= 0.3 is 5.97 Å². The van der Waals surface area contributed by atoms with Crippen molar-refractivity contribution in [3.63, 3.8) is 0 Å². The number of hydrogen-bond donors (Lipinski definition) is 0. The molecule has 2 heterocycles. The topological polar surface area (TPSA) is 66.2 Å². The van der Waals surface area contributed by atoms with Crippen molar-refractivity contribution in [1.82, 2.24) is 14.8 Å². The van der Waals surface area contributed by atoms with E-state index in [1.165, 1.54) is 0 Å². The Labute approximate surface area is 113 Å². The first-order chi connectivity index (χ1) is 8.95. The van der Waals surface area contributed by atoms with Crippen LogP contribution >= 0.6 is 0 Å². The third kappa shape index (κ3) is 2.49. The van der Waals surface area contributed by atoms with E-state index in [2.05, 4.69) is 23.9 Å². The van der Waals surface area contributed by atoms with Crippen LogP contribution in [0.15, 0.2) is 0 Å². The van der Waals surface area contributed by atoms with Gasteiger partial charge in [-0.3, -0.25) is 4.68 Å². The maximum Gasteiger partial charge on any atom is 0.378 e. The molecule has 0 spiro atoms. The number of carbonyl (C=O) groups excluding carboxylic acids is 1. The normalized spacial score (nSPS) is 30.6. The maximum atomic E-state index is 11.7. The zero-order chi connectivity index (χ0) is 14.2. The fourth-order valence-electron chi connectivity index (χ4n) is 2.68. The summed E-state index contributed by atoms with van der Waals surface area (Å²) in [6.45, 7) is 8.31. The summed E-state index contributed by atoms with van der Waals surface area (Å²) in [6.07, 6.45) is 0.255. The van der Waals surface area contributed by atoms with Gasteiger partial charge in [0.25, 0.3) is 5.82 Å². The summed E-state index contributed by atoms with van der Waals surface area (Å²) in [6, 6.07) is 0. The van der Waals surface area contributed by atoms with E-state index in [0.717, 1.165) is 5.82 Å². The van der Waals surface area contributed by atoms with Crippen LogP contribution in [0.3, 0.4) is 0 Å². The Hall–Kier alpha value is -1.43. The van der Waals surface area contributed by atoms with Gasteiger partial charge in [-0.05, 0) is 26.7 Å². The first-order valence-corrected chi connectivity index (χ1v) is 6.69. The van der Waals surface area contributed by atoms with Crippen molar-refractivity contribution >= 4 is 5.97 Å². The molecule has 6 heteroatoms. The molecule has 19 heavy (non-hydrogen) atoms. The second-order valence-electron chi connectivity index (χ2n) is 5.07. The molecule has 1 aromatic rings. The Morgan fingerprint density at radius 2 is 2.05 bits per heavy atom. The minimum Gasteiger partial charge on any atom is -0.460 e. The van der Waals surface area contributed by atoms with Gasteiger partial charge in [-0.1, -0.05) is 6.92 Å². The molecule has 0 radical (unpaired) electrons. The number of nitrogens with zero attached hydrogens (tertiary/aromatic N) is 3. The monoisotopic (exact) mass is 267 g/mol. The van der Waals surface area contributed by atoms with Gasteiger partial charge in [0.2, 0.25) is 0 Å². The van der Waals surface area contributed by atoms with Crippen LogP contribution in [0.25, 0.3) is 0 Å². The van der Waals surface area contributed by atoms with Crippen LogP contribution in [-0.2, 0) is 16.5 Å². The number of aromatic nitrogens is 3. The molecule has 6 nitrogen and oxygen atoms in total. The summed E-state index contributed by atoms with van der Waals surface area (Å²) in [4.78, 5) is 16.0. The highest BCUT2D eigenvalue weighted by molar-refractivity contribution is 5.85. The Balaban J connectivity index is 2.28. The SMILES string of the molecule is CCOC(=O)c1nc(C2C(C)OC(C)C2C)n(C)n1. The van der Waals surface area contributed by atoms with E-state index in [1.807, 2.05) is 6.92 Å². The summed E-state index contributed by atoms with van der Waals surface area (Å²) in [5, 5.41) is 4.14. The zero-order valence-electron chi connectivity index (χ0n) is 12.1. The summed E-state index contributed by atoms with van der Waals surface area (Å²) >= 11 is 0. The van der Waals surface area contributed by atoms with Crippen LogP contribution in [0.4, 0.5) is 0 Å². The number of hydrogen-bond acceptors (Lipinski definition) is 5. The molecule has 0 saturated carbocycles. The molecule has 0 bridgehead atoms. The molecule has 106 valence electrons. The van der Waals surface area contributed by atoms with Crippen molar-refractivity contribution in [2.75, 3.05) is 6.61 Å². The second kappa shape index (κ2) is 5.28. The highest BCUT2D eigenvalue weighted by Gasteiger charge is 2.41. The Morgan fingerprint density at radius 1 is 1.37 bits per heavy atom. The number of rotatable bonds is 3. The first kappa shape index (κ1) is 14.0. The minimum atomic E-state index is -0.475. The van der Waals surface area contributed by atoms with Crippen molar-refractivity contribution in [3.8, 4) is 0 Å². The smallest absolute Gasteiger partial charge is 0.378 e. The average Bonchev–Trinajstić information content (AvgIpc) is 2.82. The van der Waals surface area contributed by atoms with Gasteiger partial charge < -0.3 is 9.47 Å². The Kier molecular flexibility index (Phi) is 3.89. The second-order valence-corrected chi connectivity index (χ2v) is 5.07. The zero-order valence-corrected chi connectivity index (χ0v) is 12.1. The molecule has 4 unspecified atom stereocenters. The number of esters is 1. The molecular formula is C13H21N3O3. The summed E-state index contributed by atoms with van der Waals surface area (Å²) < 4.78 is 12.4. The van der Waals surface area contributed by atoms with E-state index in [1.54, 1.807) is 18.7 Å². The third-order valence-corrected chi connectivity index (χ3v) is 3.79. The molecule has 0 aromatic carbocycles. The highest BCUT2D eigenvalue weighted by Crippen LogP contribution is 2.38.